The lowest BCUT2D eigenvalue weighted by molar-refractivity contribution is 0.481. The van der Waals surface area contributed by atoms with E-state index in [2.05, 4.69) is 25.2 Å². The molecule has 0 aliphatic rings. The van der Waals surface area contributed by atoms with Crippen molar-refractivity contribution in [1.29, 1.82) is 0 Å². The molecule has 0 aliphatic carbocycles. The predicted molar refractivity (Wildman–Crippen MR) is 73.6 cm³/mol. The smallest absolute Gasteiger partial charge is 0.123 e. The highest BCUT2D eigenvalue weighted by atomic mass is 16.3. The number of phenols is 1. The molecule has 0 spiro atoms. The van der Waals surface area contributed by atoms with Crippen LogP contribution in [0.5, 0.6) is 5.75 Å². The summed E-state index contributed by atoms with van der Waals surface area (Å²) in [4.78, 5) is 0. The first-order chi connectivity index (χ1) is 8.22. The van der Waals surface area contributed by atoms with Crippen molar-refractivity contribution in [3.8, 4) is 5.75 Å². The summed E-state index contributed by atoms with van der Waals surface area (Å²) in [5, 5.41) is 15.3. The maximum atomic E-state index is 9.81. The Morgan fingerprint density at radius 2 is 1.82 bits per heavy atom. The number of hydrogen-bond donors (Lipinski definition) is 2. The van der Waals surface area contributed by atoms with E-state index in [0.717, 1.165) is 22.9 Å². The summed E-state index contributed by atoms with van der Waals surface area (Å²) in [6, 6.07) is 12.1. The van der Waals surface area contributed by atoms with E-state index in [0.29, 0.717) is 11.8 Å². The fraction of sp³-hybridized carbons (Fsp3) is 0.333. The van der Waals surface area contributed by atoms with Gasteiger partial charge in [-0.3, -0.25) is 0 Å². The summed E-state index contributed by atoms with van der Waals surface area (Å²) in [6.07, 6.45) is 2.32. The molecule has 90 valence electrons. The molecule has 1 unspecified atom stereocenters. The molecule has 2 rings (SSSR count). The molecule has 0 aromatic heterocycles. The standard InChI is InChI=1S/C15H19NO/c1-3-6-11(2)16-14-9-4-8-13-12(14)7-5-10-15(13)17/h4-5,7-11,16-17H,3,6H2,1-2H3. The molecule has 0 amide bonds. The van der Waals surface area contributed by atoms with Gasteiger partial charge >= 0.3 is 0 Å². The zero-order chi connectivity index (χ0) is 12.3. The highest BCUT2D eigenvalue weighted by molar-refractivity contribution is 5.97. The monoisotopic (exact) mass is 229 g/mol. The fourth-order valence-corrected chi connectivity index (χ4v) is 2.19. The maximum Gasteiger partial charge on any atom is 0.123 e. The van der Waals surface area contributed by atoms with Crippen LogP contribution in [-0.4, -0.2) is 11.1 Å². The Bertz CT molecular complexity index is 507. The first kappa shape index (κ1) is 11.8. The SMILES string of the molecule is CCCC(C)Nc1cccc2c(O)cccc12. The molecule has 0 radical (unpaired) electrons. The molecule has 0 fully saturated rings. The van der Waals surface area contributed by atoms with E-state index in [-0.39, 0.29) is 0 Å². The molecule has 2 heteroatoms. The number of hydrogen-bond acceptors (Lipinski definition) is 2. The third kappa shape index (κ3) is 2.52. The summed E-state index contributed by atoms with van der Waals surface area (Å²) in [7, 11) is 0. The Kier molecular flexibility index (Phi) is 3.52. The van der Waals surface area contributed by atoms with Gasteiger partial charge in [0, 0.05) is 22.5 Å². The van der Waals surface area contributed by atoms with E-state index in [1.807, 2.05) is 24.3 Å². The van der Waals surface area contributed by atoms with Crippen molar-refractivity contribution in [1.82, 2.24) is 0 Å². The van der Waals surface area contributed by atoms with Gasteiger partial charge in [-0.25, -0.2) is 0 Å². The summed E-state index contributed by atoms with van der Waals surface area (Å²) >= 11 is 0. The van der Waals surface area contributed by atoms with Crippen LogP contribution in [0, 0.1) is 0 Å². The lowest BCUT2D eigenvalue weighted by Gasteiger charge is -2.16. The fourth-order valence-electron chi connectivity index (χ4n) is 2.19. The topological polar surface area (TPSA) is 32.3 Å². The van der Waals surface area contributed by atoms with E-state index in [4.69, 9.17) is 0 Å². The highest BCUT2D eigenvalue weighted by Crippen LogP contribution is 2.30. The van der Waals surface area contributed by atoms with Crippen LogP contribution in [0.25, 0.3) is 10.8 Å². The maximum absolute atomic E-state index is 9.81. The Hall–Kier alpha value is -1.70. The van der Waals surface area contributed by atoms with Gasteiger partial charge in [0.15, 0.2) is 0 Å². The summed E-state index contributed by atoms with van der Waals surface area (Å²) in [5.41, 5.74) is 1.10. The van der Waals surface area contributed by atoms with Crippen molar-refractivity contribution >= 4 is 16.5 Å². The molecule has 2 nitrogen and oxygen atoms in total. The average molecular weight is 229 g/mol. The number of aromatic hydroxyl groups is 1. The van der Waals surface area contributed by atoms with Crippen molar-refractivity contribution in [3.63, 3.8) is 0 Å². The van der Waals surface area contributed by atoms with E-state index in [1.165, 1.54) is 6.42 Å². The molecule has 0 bridgehead atoms. The lowest BCUT2D eigenvalue weighted by Crippen LogP contribution is -2.14. The van der Waals surface area contributed by atoms with Crippen LogP contribution < -0.4 is 5.32 Å². The van der Waals surface area contributed by atoms with Crippen LogP contribution in [-0.2, 0) is 0 Å². The van der Waals surface area contributed by atoms with Crippen LogP contribution in [0.4, 0.5) is 5.69 Å². The van der Waals surface area contributed by atoms with Gasteiger partial charge in [-0.15, -0.1) is 0 Å². The van der Waals surface area contributed by atoms with Gasteiger partial charge in [0.05, 0.1) is 0 Å². The zero-order valence-electron chi connectivity index (χ0n) is 10.4. The van der Waals surface area contributed by atoms with Gasteiger partial charge in [0.1, 0.15) is 5.75 Å². The Morgan fingerprint density at radius 3 is 2.59 bits per heavy atom. The van der Waals surface area contributed by atoms with Gasteiger partial charge in [-0.05, 0) is 25.5 Å². The molecule has 0 saturated heterocycles. The van der Waals surface area contributed by atoms with Crippen LogP contribution >= 0.6 is 0 Å². The molecule has 0 heterocycles. The van der Waals surface area contributed by atoms with Crippen molar-refractivity contribution in [2.24, 2.45) is 0 Å². The molecule has 1 atom stereocenters. The van der Waals surface area contributed by atoms with Crippen molar-refractivity contribution in [3.05, 3.63) is 36.4 Å². The first-order valence-corrected chi connectivity index (χ1v) is 6.19. The zero-order valence-corrected chi connectivity index (χ0v) is 10.4. The normalized spacial score (nSPS) is 12.6. The molecule has 0 saturated carbocycles. The van der Waals surface area contributed by atoms with E-state index >= 15 is 0 Å². The molecule has 2 aromatic rings. The van der Waals surface area contributed by atoms with Crippen LogP contribution in [0.15, 0.2) is 36.4 Å². The van der Waals surface area contributed by atoms with Gasteiger partial charge in [0.25, 0.3) is 0 Å². The number of phenolic OH excluding ortho intramolecular Hbond substituents is 1. The highest BCUT2D eigenvalue weighted by Gasteiger charge is 2.06. The second kappa shape index (κ2) is 5.09. The molecule has 0 aliphatic heterocycles. The first-order valence-electron chi connectivity index (χ1n) is 6.19. The third-order valence-electron chi connectivity index (χ3n) is 3.02. The lowest BCUT2D eigenvalue weighted by atomic mass is 10.1. The minimum absolute atomic E-state index is 0.342. The summed E-state index contributed by atoms with van der Waals surface area (Å²) < 4.78 is 0. The van der Waals surface area contributed by atoms with Crippen molar-refractivity contribution < 1.29 is 5.11 Å². The molecule has 17 heavy (non-hydrogen) atoms. The molecular formula is C15H19NO. The quantitative estimate of drug-likeness (QED) is 0.825. The molecule has 2 aromatic carbocycles. The second-order valence-electron chi connectivity index (χ2n) is 4.51. The van der Waals surface area contributed by atoms with E-state index in [1.54, 1.807) is 6.07 Å². The number of fused-ring (bicyclic) bond motifs is 1. The average Bonchev–Trinajstić information content (AvgIpc) is 2.31. The van der Waals surface area contributed by atoms with Gasteiger partial charge in [-0.1, -0.05) is 37.6 Å². The van der Waals surface area contributed by atoms with Crippen molar-refractivity contribution in [2.45, 2.75) is 32.7 Å². The Morgan fingerprint density at radius 1 is 1.12 bits per heavy atom. The number of nitrogens with one attached hydrogen (secondary N) is 1. The van der Waals surface area contributed by atoms with Crippen molar-refractivity contribution in [2.75, 3.05) is 5.32 Å². The van der Waals surface area contributed by atoms with Crippen LogP contribution in [0.3, 0.4) is 0 Å². The number of benzene rings is 2. The molecular weight excluding hydrogens is 210 g/mol. The van der Waals surface area contributed by atoms with Crippen LogP contribution in [0.2, 0.25) is 0 Å². The number of rotatable bonds is 4. The number of anilines is 1. The predicted octanol–water partition coefficient (Wildman–Crippen LogP) is 4.15. The largest absolute Gasteiger partial charge is 0.507 e. The minimum Gasteiger partial charge on any atom is -0.507 e. The summed E-state index contributed by atoms with van der Waals surface area (Å²) in [5.74, 6) is 0.342. The van der Waals surface area contributed by atoms with Gasteiger partial charge in [0.2, 0.25) is 0 Å². The van der Waals surface area contributed by atoms with Crippen LogP contribution in [0.1, 0.15) is 26.7 Å². The van der Waals surface area contributed by atoms with Gasteiger partial charge < -0.3 is 10.4 Å². The molecule has 2 N–H and O–H groups in total. The Labute approximate surface area is 102 Å². The van der Waals surface area contributed by atoms with E-state index < -0.39 is 0 Å². The van der Waals surface area contributed by atoms with Gasteiger partial charge in [-0.2, -0.15) is 0 Å². The minimum atomic E-state index is 0.342. The second-order valence-corrected chi connectivity index (χ2v) is 4.51. The van der Waals surface area contributed by atoms with E-state index in [9.17, 15) is 5.11 Å². The summed E-state index contributed by atoms with van der Waals surface area (Å²) in [6.45, 7) is 4.37. The third-order valence-corrected chi connectivity index (χ3v) is 3.02. The Balaban J connectivity index is 2.37.